The number of rotatable bonds is 19. The largest absolute Gasteiger partial charge is 0.391 e. The number of aliphatic hydroxyl groups is 1. The predicted molar refractivity (Wildman–Crippen MR) is 103 cm³/mol. The van der Waals surface area contributed by atoms with Crippen molar-refractivity contribution < 1.29 is 33.5 Å². The summed E-state index contributed by atoms with van der Waals surface area (Å²) >= 11 is 0. The van der Waals surface area contributed by atoms with Gasteiger partial charge in [0.25, 0.3) is 0 Å². The Balaban J connectivity index is 1.66. The second-order valence-electron chi connectivity index (χ2n) is 6.72. The maximum Gasteiger partial charge on any atom is 0.0771 e. The van der Waals surface area contributed by atoms with Gasteiger partial charge in [-0.1, -0.05) is 26.2 Å². The third kappa shape index (κ3) is 16.4. The third-order valence-electron chi connectivity index (χ3n) is 4.40. The molecular weight excluding hydrogens is 352 g/mol. The van der Waals surface area contributed by atoms with Crippen molar-refractivity contribution in [2.24, 2.45) is 0 Å². The molecule has 1 unspecified atom stereocenters. The van der Waals surface area contributed by atoms with Crippen LogP contribution in [-0.4, -0.2) is 90.0 Å². The van der Waals surface area contributed by atoms with Crippen molar-refractivity contribution in [3.63, 3.8) is 0 Å². The van der Waals surface area contributed by atoms with Crippen molar-refractivity contribution in [1.82, 2.24) is 0 Å². The molecule has 27 heavy (non-hydrogen) atoms. The van der Waals surface area contributed by atoms with Gasteiger partial charge in [-0.15, -0.1) is 0 Å². The van der Waals surface area contributed by atoms with Crippen molar-refractivity contribution in [2.75, 3.05) is 72.7 Å². The van der Waals surface area contributed by atoms with Gasteiger partial charge in [0.15, 0.2) is 0 Å². The fourth-order valence-corrected chi connectivity index (χ4v) is 2.72. The maximum absolute atomic E-state index is 9.31. The topological polar surface area (TPSA) is 75.6 Å². The lowest BCUT2D eigenvalue weighted by Gasteiger charge is -2.21. The number of aliphatic hydroxyl groups excluding tert-OH is 1. The first-order chi connectivity index (χ1) is 13.3. The van der Waals surface area contributed by atoms with Crippen LogP contribution in [0.5, 0.6) is 0 Å². The molecule has 0 aliphatic heterocycles. The van der Waals surface area contributed by atoms with Gasteiger partial charge >= 0.3 is 0 Å². The highest BCUT2D eigenvalue weighted by atomic mass is 16.6. The van der Waals surface area contributed by atoms with E-state index in [1.54, 1.807) is 0 Å². The molecule has 7 nitrogen and oxygen atoms in total. The van der Waals surface area contributed by atoms with Gasteiger partial charge in [0.05, 0.1) is 84.9 Å². The van der Waals surface area contributed by atoms with E-state index in [2.05, 4.69) is 0 Å². The van der Waals surface area contributed by atoms with Crippen LogP contribution in [0.3, 0.4) is 0 Å². The van der Waals surface area contributed by atoms with Gasteiger partial charge in [-0.25, -0.2) is 0 Å². The van der Waals surface area contributed by atoms with E-state index < -0.39 is 0 Å². The number of hydrogen-bond donors (Lipinski definition) is 1. The van der Waals surface area contributed by atoms with Gasteiger partial charge in [-0.3, -0.25) is 0 Å². The minimum atomic E-state index is -0.381. The fourth-order valence-electron chi connectivity index (χ4n) is 2.72. The number of hydrogen-bond acceptors (Lipinski definition) is 7. The lowest BCUT2D eigenvalue weighted by molar-refractivity contribution is -0.0328. The number of ether oxygens (including phenoxy) is 6. The average molecular weight is 393 g/mol. The molecule has 0 aromatic rings. The molecule has 1 atom stereocenters. The van der Waals surface area contributed by atoms with Gasteiger partial charge < -0.3 is 33.5 Å². The molecule has 1 rings (SSSR count). The lowest BCUT2D eigenvalue weighted by Crippen LogP contribution is -2.19. The van der Waals surface area contributed by atoms with Crippen LogP contribution in [0.25, 0.3) is 0 Å². The Morgan fingerprint density at radius 1 is 0.667 bits per heavy atom. The van der Waals surface area contributed by atoms with Crippen molar-refractivity contribution >= 4 is 0 Å². The fraction of sp³-hybridized carbons (Fsp3) is 1.00. The standard InChI is InChI=1S/C20H40O7/c1-2-19(21)18-26-15-14-24-11-10-22-8-9-23-12-13-25-16-17-27-20-6-4-3-5-7-20/h19-21H,2-18H2,1H3. The summed E-state index contributed by atoms with van der Waals surface area (Å²) in [5.74, 6) is 0. The minimum Gasteiger partial charge on any atom is -0.391 e. The summed E-state index contributed by atoms with van der Waals surface area (Å²) in [6.07, 6.45) is 7.12. The van der Waals surface area contributed by atoms with E-state index in [1.165, 1.54) is 32.1 Å². The molecule has 1 aliphatic rings. The first kappa shape index (κ1) is 24.8. The van der Waals surface area contributed by atoms with Gasteiger partial charge in [-0.2, -0.15) is 0 Å². The van der Waals surface area contributed by atoms with Crippen LogP contribution in [0.2, 0.25) is 0 Å². The van der Waals surface area contributed by atoms with Gasteiger partial charge in [0, 0.05) is 0 Å². The third-order valence-corrected chi connectivity index (χ3v) is 4.40. The Labute approximate surface area is 164 Å². The molecular formula is C20H40O7. The Kier molecular flexibility index (Phi) is 17.5. The van der Waals surface area contributed by atoms with Gasteiger partial charge in [0.2, 0.25) is 0 Å². The van der Waals surface area contributed by atoms with Crippen LogP contribution in [-0.2, 0) is 28.4 Å². The molecule has 162 valence electrons. The van der Waals surface area contributed by atoms with Crippen LogP contribution >= 0.6 is 0 Å². The highest BCUT2D eigenvalue weighted by Gasteiger charge is 2.12. The summed E-state index contributed by atoms with van der Waals surface area (Å²) in [4.78, 5) is 0. The van der Waals surface area contributed by atoms with E-state index in [0.717, 1.165) is 0 Å². The van der Waals surface area contributed by atoms with E-state index in [4.69, 9.17) is 28.4 Å². The zero-order chi connectivity index (χ0) is 19.4. The molecule has 0 bridgehead atoms. The van der Waals surface area contributed by atoms with E-state index in [1.807, 2.05) is 6.92 Å². The van der Waals surface area contributed by atoms with Crippen LogP contribution in [0.15, 0.2) is 0 Å². The average Bonchev–Trinajstić information content (AvgIpc) is 2.70. The summed E-state index contributed by atoms with van der Waals surface area (Å²) in [7, 11) is 0. The normalized spacial score (nSPS) is 16.7. The first-order valence-corrected chi connectivity index (χ1v) is 10.5. The van der Waals surface area contributed by atoms with E-state index in [9.17, 15) is 5.11 Å². The molecule has 0 aromatic heterocycles. The highest BCUT2D eigenvalue weighted by Crippen LogP contribution is 2.19. The zero-order valence-corrected chi connectivity index (χ0v) is 17.1. The highest BCUT2D eigenvalue weighted by molar-refractivity contribution is 4.64. The Bertz CT molecular complexity index is 298. The molecule has 1 aliphatic carbocycles. The van der Waals surface area contributed by atoms with Crippen LogP contribution in [0.1, 0.15) is 45.4 Å². The van der Waals surface area contributed by atoms with Gasteiger partial charge in [-0.05, 0) is 19.3 Å². The lowest BCUT2D eigenvalue weighted by atomic mass is 9.98. The van der Waals surface area contributed by atoms with Crippen LogP contribution < -0.4 is 0 Å². The summed E-state index contributed by atoms with van der Waals surface area (Å²) in [5.41, 5.74) is 0. The predicted octanol–water partition coefficient (Wildman–Crippen LogP) is 2.19. The quantitative estimate of drug-likeness (QED) is 0.338. The summed E-state index contributed by atoms with van der Waals surface area (Å²) in [6.45, 7) is 7.94. The second-order valence-corrected chi connectivity index (χ2v) is 6.72. The second kappa shape index (κ2) is 19.1. The van der Waals surface area contributed by atoms with E-state index in [0.29, 0.717) is 85.2 Å². The molecule has 0 radical (unpaired) electrons. The molecule has 1 saturated carbocycles. The maximum atomic E-state index is 9.31. The molecule has 1 fully saturated rings. The van der Waals surface area contributed by atoms with E-state index in [-0.39, 0.29) is 6.10 Å². The van der Waals surface area contributed by atoms with E-state index >= 15 is 0 Å². The SMILES string of the molecule is CCC(O)COCCOCCOCCOCCOCCOC1CCCCC1. The van der Waals surface area contributed by atoms with Crippen molar-refractivity contribution in [1.29, 1.82) is 0 Å². The Morgan fingerprint density at radius 2 is 1.11 bits per heavy atom. The smallest absolute Gasteiger partial charge is 0.0771 e. The minimum absolute atomic E-state index is 0.366. The Morgan fingerprint density at radius 3 is 1.59 bits per heavy atom. The van der Waals surface area contributed by atoms with Crippen molar-refractivity contribution in [3.8, 4) is 0 Å². The monoisotopic (exact) mass is 392 g/mol. The molecule has 0 spiro atoms. The molecule has 0 aromatic carbocycles. The van der Waals surface area contributed by atoms with Crippen LogP contribution in [0.4, 0.5) is 0 Å². The first-order valence-electron chi connectivity index (χ1n) is 10.5. The molecule has 0 saturated heterocycles. The molecule has 0 amide bonds. The molecule has 0 heterocycles. The Hall–Kier alpha value is -0.280. The van der Waals surface area contributed by atoms with Gasteiger partial charge in [0.1, 0.15) is 0 Å². The van der Waals surface area contributed by atoms with Crippen molar-refractivity contribution in [3.05, 3.63) is 0 Å². The summed E-state index contributed by atoms with van der Waals surface area (Å²) in [6, 6.07) is 0. The molecule has 1 N–H and O–H groups in total. The zero-order valence-electron chi connectivity index (χ0n) is 17.1. The van der Waals surface area contributed by atoms with Crippen LogP contribution in [0, 0.1) is 0 Å². The molecule has 7 heteroatoms. The summed E-state index contributed by atoms with van der Waals surface area (Å²) in [5, 5.41) is 9.31. The van der Waals surface area contributed by atoms with Crippen molar-refractivity contribution in [2.45, 2.75) is 57.7 Å². The summed E-state index contributed by atoms with van der Waals surface area (Å²) < 4.78 is 32.8.